The zero-order valence-electron chi connectivity index (χ0n) is 10.8. The Morgan fingerprint density at radius 2 is 1.76 bits per heavy atom. The van der Waals surface area contributed by atoms with Gasteiger partial charge in [0.2, 0.25) is 0 Å². The topological polar surface area (TPSA) is 30.5 Å². The molecule has 0 saturated carbocycles. The summed E-state index contributed by atoms with van der Waals surface area (Å²) in [4.78, 5) is 0. The van der Waals surface area contributed by atoms with Gasteiger partial charge in [-0.3, -0.25) is 0 Å². The van der Waals surface area contributed by atoms with Crippen molar-refractivity contribution in [1.82, 2.24) is 5.32 Å². The van der Waals surface area contributed by atoms with Crippen LogP contribution < -0.4 is 14.8 Å². The van der Waals surface area contributed by atoms with Crippen molar-refractivity contribution in [3.8, 4) is 11.5 Å². The second kappa shape index (κ2) is 5.41. The Bertz CT molecular complexity index is 356. The highest BCUT2D eigenvalue weighted by molar-refractivity contribution is 5.47. The predicted molar refractivity (Wildman–Crippen MR) is 68.9 cm³/mol. The van der Waals surface area contributed by atoms with Gasteiger partial charge in [-0.2, -0.15) is 0 Å². The van der Waals surface area contributed by atoms with Crippen LogP contribution >= 0.6 is 0 Å². The molecule has 1 aromatic carbocycles. The lowest BCUT2D eigenvalue weighted by Gasteiger charge is -2.30. The fraction of sp³-hybridized carbons (Fsp3) is 0.571. The van der Waals surface area contributed by atoms with E-state index in [1.807, 2.05) is 18.2 Å². The number of benzene rings is 1. The standard InChI is InChI=1S/C14H21NO2/c1-10-7-11(9-15-8-10)14-12(16-2)5-4-6-13(14)17-3/h4-6,10-11,15H,7-9H2,1-3H3. The third kappa shape index (κ3) is 2.55. The van der Waals surface area contributed by atoms with Crippen LogP contribution in [0.15, 0.2) is 18.2 Å². The van der Waals surface area contributed by atoms with E-state index in [-0.39, 0.29) is 0 Å². The predicted octanol–water partition coefficient (Wildman–Crippen LogP) is 2.42. The van der Waals surface area contributed by atoms with Crippen molar-refractivity contribution in [2.75, 3.05) is 27.3 Å². The molecule has 1 aliphatic rings. The monoisotopic (exact) mass is 235 g/mol. The molecule has 1 aliphatic heterocycles. The average molecular weight is 235 g/mol. The largest absolute Gasteiger partial charge is 0.496 e. The van der Waals surface area contributed by atoms with Gasteiger partial charge in [-0.1, -0.05) is 13.0 Å². The van der Waals surface area contributed by atoms with Crippen molar-refractivity contribution in [2.45, 2.75) is 19.3 Å². The fourth-order valence-corrected chi connectivity index (χ4v) is 2.66. The normalized spacial score (nSPS) is 24.4. The van der Waals surface area contributed by atoms with Gasteiger partial charge >= 0.3 is 0 Å². The molecule has 1 N–H and O–H groups in total. The van der Waals surface area contributed by atoms with Crippen molar-refractivity contribution in [2.24, 2.45) is 5.92 Å². The van der Waals surface area contributed by atoms with E-state index in [0.717, 1.165) is 24.6 Å². The van der Waals surface area contributed by atoms with Crippen LogP contribution in [0.25, 0.3) is 0 Å². The maximum absolute atomic E-state index is 5.47. The Hall–Kier alpha value is -1.22. The molecule has 3 nitrogen and oxygen atoms in total. The van der Waals surface area contributed by atoms with Crippen LogP contribution in [0, 0.1) is 5.92 Å². The molecule has 1 fully saturated rings. The smallest absolute Gasteiger partial charge is 0.126 e. The van der Waals surface area contributed by atoms with Gasteiger partial charge in [0.25, 0.3) is 0 Å². The Labute approximate surface area is 103 Å². The van der Waals surface area contributed by atoms with Gasteiger partial charge < -0.3 is 14.8 Å². The van der Waals surface area contributed by atoms with Gasteiger partial charge in [-0.25, -0.2) is 0 Å². The van der Waals surface area contributed by atoms with Gasteiger partial charge in [-0.15, -0.1) is 0 Å². The average Bonchev–Trinajstić information content (AvgIpc) is 2.37. The van der Waals surface area contributed by atoms with E-state index in [1.165, 1.54) is 12.0 Å². The SMILES string of the molecule is COc1cccc(OC)c1C1CNCC(C)C1. The lowest BCUT2D eigenvalue weighted by atomic mass is 9.85. The molecule has 1 aromatic rings. The zero-order valence-corrected chi connectivity index (χ0v) is 10.8. The van der Waals surface area contributed by atoms with E-state index in [4.69, 9.17) is 9.47 Å². The van der Waals surface area contributed by atoms with Crippen LogP contribution in [0.1, 0.15) is 24.8 Å². The number of hydrogen-bond donors (Lipinski definition) is 1. The summed E-state index contributed by atoms with van der Waals surface area (Å²) in [6, 6.07) is 6.00. The number of piperidine rings is 1. The van der Waals surface area contributed by atoms with E-state index in [1.54, 1.807) is 14.2 Å². The minimum Gasteiger partial charge on any atom is -0.496 e. The molecule has 0 aromatic heterocycles. The Balaban J connectivity index is 2.34. The van der Waals surface area contributed by atoms with Crippen molar-refractivity contribution < 1.29 is 9.47 Å². The highest BCUT2D eigenvalue weighted by Crippen LogP contribution is 2.38. The summed E-state index contributed by atoms with van der Waals surface area (Å²) in [5.74, 6) is 3.05. The van der Waals surface area contributed by atoms with Gasteiger partial charge in [0.15, 0.2) is 0 Å². The van der Waals surface area contributed by atoms with Crippen LogP contribution in [0.4, 0.5) is 0 Å². The molecule has 1 heterocycles. The quantitative estimate of drug-likeness (QED) is 0.872. The van der Waals surface area contributed by atoms with E-state index in [2.05, 4.69) is 12.2 Å². The van der Waals surface area contributed by atoms with Gasteiger partial charge in [0.1, 0.15) is 11.5 Å². The second-order valence-electron chi connectivity index (χ2n) is 4.77. The van der Waals surface area contributed by atoms with E-state index in [0.29, 0.717) is 11.8 Å². The molecule has 2 unspecified atom stereocenters. The highest BCUT2D eigenvalue weighted by Gasteiger charge is 2.25. The lowest BCUT2D eigenvalue weighted by Crippen LogP contribution is -2.34. The Morgan fingerprint density at radius 1 is 1.12 bits per heavy atom. The van der Waals surface area contributed by atoms with E-state index in [9.17, 15) is 0 Å². The number of methoxy groups -OCH3 is 2. The van der Waals surface area contributed by atoms with Crippen LogP contribution in [0.3, 0.4) is 0 Å². The number of hydrogen-bond acceptors (Lipinski definition) is 3. The van der Waals surface area contributed by atoms with Crippen molar-refractivity contribution >= 4 is 0 Å². The number of nitrogens with one attached hydrogen (secondary N) is 1. The van der Waals surface area contributed by atoms with Crippen molar-refractivity contribution in [1.29, 1.82) is 0 Å². The summed E-state index contributed by atoms with van der Waals surface area (Å²) < 4.78 is 10.9. The van der Waals surface area contributed by atoms with Crippen LogP contribution in [0.5, 0.6) is 11.5 Å². The summed E-state index contributed by atoms with van der Waals surface area (Å²) >= 11 is 0. The minimum atomic E-state index is 0.477. The van der Waals surface area contributed by atoms with Crippen molar-refractivity contribution in [3.05, 3.63) is 23.8 Å². The lowest BCUT2D eigenvalue weighted by molar-refractivity contribution is 0.333. The first-order valence-electron chi connectivity index (χ1n) is 6.17. The van der Waals surface area contributed by atoms with Crippen LogP contribution in [0.2, 0.25) is 0 Å². The first kappa shape index (κ1) is 12.2. The molecule has 0 amide bonds. The molecule has 94 valence electrons. The molecule has 17 heavy (non-hydrogen) atoms. The molecular formula is C14H21NO2. The number of rotatable bonds is 3. The van der Waals surface area contributed by atoms with E-state index >= 15 is 0 Å². The molecule has 0 spiro atoms. The molecule has 2 rings (SSSR count). The van der Waals surface area contributed by atoms with Crippen molar-refractivity contribution in [3.63, 3.8) is 0 Å². The Kier molecular flexibility index (Phi) is 3.89. The zero-order chi connectivity index (χ0) is 12.3. The molecule has 2 atom stereocenters. The first-order valence-corrected chi connectivity index (χ1v) is 6.17. The molecule has 3 heteroatoms. The molecule has 0 radical (unpaired) electrons. The summed E-state index contributed by atoms with van der Waals surface area (Å²) in [7, 11) is 3.44. The molecular weight excluding hydrogens is 214 g/mol. The molecule has 0 aliphatic carbocycles. The van der Waals surface area contributed by atoms with Crippen LogP contribution in [-0.4, -0.2) is 27.3 Å². The van der Waals surface area contributed by atoms with Gasteiger partial charge in [-0.05, 0) is 31.0 Å². The highest BCUT2D eigenvalue weighted by atomic mass is 16.5. The van der Waals surface area contributed by atoms with Gasteiger partial charge in [0.05, 0.1) is 14.2 Å². The summed E-state index contributed by atoms with van der Waals surface area (Å²) in [5, 5.41) is 3.47. The maximum atomic E-state index is 5.47. The number of ether oxygens (including phenoxy) is 2. The minimum absolute atomic E-state index is 0.477. The second-order valence-corrected chi connectivity index (χ2v) is 4.77. The maximum Gasteiger partial charge on any atom is 0.126 e. The fourth-order valence-electron chi connectivity index (χ4n) is 2.66. The Morgan fingerprint density at radius 3 is 2.29 bits per heavy atom. The third-order valence-corrected chi connectivity index (χ3v) is 3.44. The van der Waals surface area contributed by atoms with Crippen LogP contribution in [-0.2, 0) is 0 Å². The van der Waals surface area contributed by atoms with E-state index < -0.39 is 0 Å². The molecule has 1 saturated heterocycles. The first-order chi connectivity index (χ1) is 8.26. The molecule has 0 bridgehead atoms. The summed E-state index contributed by atoms with van der Waals surface area (Å²) in [6.07, 6.45) is 1.18. The summed E-state index contributed by atoms with van der Waals surface area (Å²) in [6.45, 7) is 4.39. The summed E-state index contributed by atoms with van der Waals surface area (Å²) in [5.41, 5.74) is 1.21. The van der Waals surface area contributed by atoms with Gasteiger partial charge in [0, 0.05) is 18.0 Å². The third-order valence-electron chi connectivity index (χ3n) is 3.44.